The van der Waals surface area contributed by atoms with Crippen LogP contribution in [0.5, 0.6) is 0 Å². The summed E-state index contributed by atoms with van der Waals surface area (Å²) in [6, 6.07) is 4.04. The second-order valence-electron chi connectivity index (χ2n) is 5.01. The van der Waals surface area contributed by atoms with E-state index >= 15 is 0 Å². The van der Waals surface area contributed by atoms with Gasteiger partial charge in [-0.1, -0.05) is 35.2 Å². The molecule has 2 rings (SSSR count). The first-order chi connectivity index (χ1) is 10.5. The Kier molecular flexibility index (Phi) is 5.74. The van der Waals surface area contributed by atoms with Gasteiger partial charge in [-0.15, -0.1) is 16.8 Å². The summed E-state index contributed by atoms with van der Waals surface area (Å²) >= 11 is 2.88. The lowest BCUT2D eigenvalue weighted by atomic mass is 9.99. The van der Waals surface area contributed by atoms with Crippen LogP contribution in [0.1, 0.15) is 27.0 Å². The van der Waals surface area contributed by atoms with E-state index in [1.807, 2.05) is 19.9 Å². The molecule has 0 fully saturated rings. The number of carbonyl (C=O) groups is 1. The predicted molar refractivity (Wildman–Crippen MR) is 94.3 cm³/mol. The zero-order valence-electron chi connectivity index (χ0n) is 13.0. The molecular weight excluding hydrogens is 314 g/mol. The van der Waals surface area contributed by atoms with Gasteiger partial charge in [0.2, 0.25) is 5.13 Å². The molecule has 1 heterocycles. The molecular formula is C16H19N3OS2. The number of aryl methyl sites for hydroxylation is 3. The Morgan fingerprint density at radius 1 is 1.27 bits per heavy atom. The van der Waals surface area contributed by atoms with Crippen molar-refractivity contribution in [2.45, 2.75) is 25.1 Å². The van der Waals surface area contributed by atoms with E-state index in [2.05, 4.69) is 35.1 Å². The maximum atomic E-state index is 12.4. The number of anilines is 1. The van der Waals surface area contributed by atoms with E-state index in [0.717, 1.165) is 26.2 Å². The standard InChI is InChI=1S/C16H19N3OS2/c1-5-6-17-15-18-19-16(22-15)21-9-14(20)13-8-11(3)10(2)7-12(13)4/h5,7-8H,1,6,9H2,2-4H3,(H,17,18). The van der Waals surface area contributed by atoms with Crippen molar-refractivity contribution in [2.75, 3.05) is 17.6 Å². The maximum absolute atomic E-state index is 12.4. The molecule has 2 aromatic rings. The van der Waals surface area contributed by atoms with Crippen molar-refractivity contribution in [3.8, 4) is 0 Å². The van der Waals surface area contributed by atoms with Crippen molar-refractivity contribution in [3.05, 3.63) is 47.0 Å². The molecule has 4 nitrogen and oxygen atoms in total. The number of rotatable bonds is 7. The minimum atomic E-state index is 0.126. The Labute approximate surface area is 139 Å². The van der Waals surface area contributed by atoms with Crippen molar-refractivity contribution < 1.29 is 4.79 Å². The third-order valence-electron chi connectivity index (χ3n) is 3.27. The van der Waals surface area contributed by atoms with Crippen molar-refractivity contribution in [2.24, 2.45) is 0 Å². The van der Waals surface area contributed by atoms with Gasteiger partial charge in [0.25, 0.3) is 0 Å². The van der Waals surface area contributed by atoms with Crippen molar-refractivity contribution in [3.63, 3.8) is 0 Å². The third kappa shape index (κ3) is 4.18. The Bertz CT molecular complexity index is 695. The largest absolute Gasteiger partial charge is 0.357 e. The molecule has 0 aliphatic heterocycles. The van der Waals surface area contributed by atoms with Gasteiger partial charge >= 0.3 is 0 Å². The average Bonchev–Trinajstić information content (AvgIpc) is 2.94. The number of nitrogens with one attached hydrogen (secondary N) is 1. The normalized spacial score (nSPS) is 10.5. The molecule has 1 aromatic heterocycles. The Morgan fingerprint density at radius 3 is 2.73 bits per heavy atom. The van der Waals surface area contributed by atoms with Crippen LogP contribution in [0.4, 0.5) is 5.13 Å². The SMILES string of the molecule is C=CCNc1nnc(SCC(=O)c2cc(C)c(C)cc2C)s1. The Balaban J connectivity index is 1.99. The summed E-state index contributed by atoms with van der Waals surface area (Å²) in [5.41, 5.74) is 4.18. The number of carbonyl (C=O) groups excluding carboxylic acids is 1. The molecule has 0 saturated carbocycles. The first-order valence-electron chi connectivity index (χ1n) is 6.93. The number of nitrogens with zero attached hydrogens (tertiary/aromatic N) is 2. The maximum Gasteiger partial charge on any atom is 0.206 e. The molecule has 116 valence electrons. The summed E-state index contributed by atoms with van der Waals surface area (Å²) in [7, 11) is 0. The lowest BCUT2D eigenvalue weighted by Gasteiger charge is -2.08. The van der Waals surface area contributed by atoms with Crippen LogP contribution in [-0.4, -0.2) is 28.3 Å². The van der Waals surface area contributed by atoms with E-state index in [1.54, 1.807) is 6.08 Å². The van der Waals surface area contributed by atoms with Crippen LogP contribution in [0, 0.1) is 20.8 Å². The van der Waals surface area contributed by atoms with E-state index < -0.39 is 0 Å². The van der Waals surface area contributed by atoms with Gasteiger partial charge in [0.05, 0.1) is 5.75 Å². The van der Waals surface area contributed by atoms with Crippen LogP contribution < -0.4 is 5.32 Å². The number of aromatic nitrogens is 2. The molecule has 0 unspecified atom stereocenters. The van der Waals surface area contributed by atoms with E-state index in [9.17, 15) is 4.79 Å². The lowest BCUT2D eigenvalue weighted by molar-refractivity contribution is 0.102. The first kappa shape index (κ1) is 16.7. The molecule has 1 N–H and O–H groups in total. The van der Waals surface area contributed by atoms with E-state index in [4.69, 9.17) is 0 Å². The second-order valence-corrected chi connectivity index (χ2v) is 7.21. The van der Waals surface area contributed by atoms with Gasteiger partial charge in [0, 0.05) is 12.1 Å². The Hall–Kier alpha value is -1.66. The molecule has 0 aliphatic carbocycles. The van der Waals surface area contributed by atoms with Gasteiger partial charge in [0.1, 0.15) is 0 Å². The second kappa shape index (κ2) is 7.56. The summed E-state index contributed by atoms with van der Waals surface area (Å²) in [5.74, 6) is 0.501. The van der Waals surface area contributed by atoms with Gasteiger partial charge in [-0.25, -0.2) is 0 Å². The topological polar surface area (TPSA) is 54.9 Å². The Morgan fingerprint density at radius 2 is 2.00 bits per heavy atom. The number of ketones is 1. The number of hydrogen-bond donors (Lipinski definition) is 1. The number of benzene rings is 1. The first-order valence-corrected chi connectivity index (χ1v) is 8.73. The van der Waals surface area contributed by atoms with Crippen LogP contribution >= 0.6 is 23.1 Å². The van der Waals surface area contributed by atoms with E-state index in [0.29, 0.717) is 12.3 Å². The van der Waals surface area contributed by atoms with Gasteiger partial charge in [-0.2, -0.15) is 0 Å². The molecule has 1 aromatic carbocycles. The zero-order chi connectivity index (χ0) is 16.1. The highest BCUT2D eigenvalue weighted by Crippen LogP contribution is 2.26. The highest BCUT2D eigenvalue weighted by Gasteiger charge is 2.13. The van der Waals surface area contributed by atoms with Crippen molar-refractivity contribution in [1.82, 2.24) is 10.2 Å². The van der Waals surface area contributed by atoms with E-state index in [-0.39, 0.29) is 5.78 Å². The van der Waals surface area contributed by atoms with Gasteiger partial charge < -0.3 is 5.32 Å². The molecule has 22 heavy (non-hydrogen) atoms. The molecule has 0 amide bonds. The van der Waals surface area contributed by atoms with Crippen LogP contribution in [-0.2, 0) is 0 Å². The molecule has 0 radical (unpaired) electrons. The average molecular weight is 333 g/mol. The minimum Gasteiger partial charge on any atom is -0.357 e. The summed E-state index contributed by atoms with van der Waals surface area (Å²) in [4.78, 5) is 12.4. The van der Waals surface area contributed by atoms with E-state index in [1.165, 1.54) is 28.7 Å². The monoisotopic (exact) mass is 333 g/mol. The van der Waals surface area contributed by atoms with Gasteiger partial charge in [-0.3, -0.25) is 4.79 Å². The molecule has 0 spiro atoms. The van der Waals surface area contributed by atoms with Crippen molar-refractivity contribution >= 4 is 34.0 Å². The summed E-state index contributed by atoms with van der Waals surface area (Å²) in [6.45, 7) is 10.4. The lowest BCUT2D eigenvalue weighted by Crippen LogP contribution is -2.06. The number of thioether (sulfide) groups is 1. The van der Waals surface area contributed by atoms with Crippen LogP contribution in [0.2, 0.25) is 0 Å². The fourth-order valence-corrected chi connectivity index (χ4v) is 3.61. The number of hydrogen-bond acceptors (Lipinski definition) is 6. The molecule has 0 aliphatic rings. The predicted octanol–water partition coefficient (Wildman–Crippen LogP) is 4.04. The minimum absolute atomic E-state index is 0.126. The molecule has 0 bridgehead atoms. The summed E-state index contributed by atoms with van der Waals surface area (Å²) < 4.78 is 0.793. The summed E-state index contributed by atoms with van der Waals surface area (Å²) in [6.07, 6.45) is 1.76. The zero-order valence-corrected chi connectivity index (χ0v) is 14.6. The highest BCUT2D eigenvalue weighted by atomic mass is 32.2. The highest BCUT2D eigenvalue weighted by molar-refractivity contribution is 8.01. The molecule has 0 saturated heterocycles. The van der Waals surface area contributed by atoms with Crippen molar-refractivity contribution in [1.29, 1.82) is 0 Å². The van der Waals surface area contributed by atoms with Crippen LogP contribution in [0.25, 0.3) is 0 Å². The van der Waals surface area contributed by atoms with Crippen LogP contribution in [0.3, 0.4) is 0 Å². The summed E-state index contributed by atoms with van der Waals surface area (Å²) in [5, 5.41) is 11.9. The van der Waals surface area contributed by atoms with Gasteiger partial charge in [-0.05, 0) is 43.5 Å². The smallest absolute Gasteiger partial charge is 0.206 e. The quantitative estimate of drug-likeness (QED) is 0.471. The van der Waals surface area contributed by atoms with Gasteiger partial charge in [0.15, 0.2) is 10.1 Å². The fourth-order valence-electron chi connectivity index (χ4n) is 1.96. The number of Topliss-reactive ketones (excluding diaryl/α,β-unsaturated/α-hetero) is 1. The molecule has 0 atom stereocenters. The fraction of sp³-hybridized carbons (Fsp3) is 0.312. The van der Waals surface area contributed by atoms with Crippen LogP contribution in [0.15, 0.2) is 29.1 Å². The molecule has 6 heteroatoms. The third-order valence-corrected chi connectivity index (χ3v) is 5.29.